The Bertz CT molecular complexity index is 363. The molecule has 3 N–H and O–H groups in total. The van der Waals surface area contributed by atoms with E-state index < -0.39 is 0 Å². The lowest BCUT2D eigenvalue weighted by atomic mass is 10.2. The van der Waals surface area contributed by atoms with Crippen LogP contribution < -0.4 is 11.1 Å². The number of halogens is 1. The van der Waals surface area contributed by atoms with Gasteiger partial charge in [-0.25, -0.2) is 9.97 Å². The number of anilines is 2. The first-order valence-corrected chi connectivity index (χ1v) is 5.86. The Morgan fingerprint density at radius 1 is 1.25 bits per heavy atom. The van der Waals surface area contributed by atoms with Crippen LogP contribution in [0.15, 0.2) is 0 Å². The summed E-state index contributed by atoms with van der Waals surface area (Å²) in [6, 6.07) is 0. The van der Waals surface area contributed by atoms with Crippen molar-refractivity contribution in [1.29, 1.82) is 0 Å². The van der Waals surface area contributed by atoms with Crippen LogP contribution in [0.25, 0.3) is 0 Å². The summed E-state index contributed by atoms with van der Waals surface area (Å²) in [5.41, 5.74) is 6.24. The molecule has 16 heavy (non-hydrogen) atoms. The summed E-state index contributed by atoms with van der Waals surface area (Å²) in [6.45, 7) is 9.10. The van der Waals surface area contributed by atoms with Crippen molar-refractivity contribution in [3.05, 3.63) is 11.0 Å². The maximum absolute atomic E-state index is 5.96. The standard InChI is InChI=1S/C11H19ClN4/c1-6(2)5-14-11-8(13)9(12)15-10(16-11)7(3)4/h6-7H,5,13H2,1-4H3,(H,14,15,16). The van der Waals surface area contributed by atoms with E-state index in [1.54, 1.807) is 0 Å². The summed E-state index contributed by atoms with van der Waals surface area (Å²) in [6.07, 6.45) is 0. The molecule has 1 aromatic heterocycles. The number of nitrogens with two attached hydrogens (primary N) is 1. The molecule has 90 valence electrons. The topological polar surface area (TPSA) is 63.8 Å². The molecule has 0 unspecified atom stereocenters. The minimum atomic E-state index is 0.234. The van der Waals surface area contributed by atoms with Gasteiger partial charge in [0.2, 0.25) is 0 Å². The number of rotatable bonds is 4. The number of aromatic nitrogens is 2. The minimum absolute atomic E-state index is 0.234. The average Bonchev–Trinajstić information content (AvgIpc) is 2.19. The lowest BCUT2D eigenvalue weighted by Crippen LogP contribution is -2.13. The van der Waals surface area contributed by atoms with E-state index in [4.69, 9.17) is 17.3 Å². The zero-order chi connectivity index (χ0) is 12.3. The van der Waals surface area contributed by atoms with Gasteiger partial charge in [0.25, 0.3) is 0 Å². The lowest BCUT2D eigenvalue weighted by Gasteiger charge is -2.13. The Balaban J connectivity index is 2.97. The summed E-state index contributed by atoms with van der Waals surface area (Å²) in [5, 5.41) is 3.51. The van der Waals surface area contributed by atoms with Gasteiger partial charge in [-0.2, -0.15) is 0 Å². The number of hydrogen-bond acceptors (Lipinski definition) is 4. The third-order valence-corrected chi connectivity index (χ3v) is 2.40. The Kier molecular flexibility index (Phi) is 4.35. The van der Waals surface area contributed by atoms with Crippen LogP contribution in [-0.4, -0.2) is 16.5 Å². The minimum Gasteiger partial charge on any atom is -0.393 e. The monoisotopic (exact) mass is 242 g/mol. The SMILES string of the molecule is CC(C)CNc1nc(C(C)C)nc(Cl)c1N. The molecule has 0 radical (unpaired) electrons. The van der Waals surface area contributed by atoms with Gasteiger partial charge < -0.3 is 11.1 Å². The van der Waals surface area contributed by atoms with E-state index >= 15 is 0 Å². The van der Waals surface area contributed by atoms with Crippen molar-refractivity contribution in [2.75, 3.05) is 17.6 Å². The third kappa shape index (κ3) is 3.23. The fourth-order valence-corrected chi connectivity index (χ4v) is 1.33. The Labute approximate surface area is 102 Å². The average molecular weight is 243 g/mol. The highest BCUT2D eigenvalue weighted by Gasteiger charge is 2.12. The van der Waals surface area contributed by atoms with Crippen molar-refractivity contribution < 1.29 is 0 Å². The molecule has 0 amide bonds. The van der Waals surface area contributed by atoms with Gasteiger partial charge in [0.05, 0.1) is 0 Å². The van der Waals surface area contributed by atoms with Gasteiger partial charge in [-0.15, -0.1) is 0 Å². The Morgan fingerprint density at radius 3 is 2.38 bits per heavy atom. The molecule has 1 aromatic rings. The molecule has 0 fully saturated rings. The quantitative estimate of drug-likeness (QED) is 0.797. The Hall–Kier alpha value is -1.03. The second kappa shape index (κ2) is 5.34. The Morgan fingerprint density at radius 2 is 1.88 bits per heavy atom. The fourth-order valence-electron chi connectivity index (χ4n) is 1.15. The van der Waals surface area contributed by atoms with E-state index in [0.29, 0.717) is 28.4 Å². The van der Waals surface area contributed by atoms with Crippen LogP contribution in [0, 0.1) is 5.92 Å². The second-order valence-electron chi connectivity index (χ2n) is 4.56. The van der Waals surface area contributed by atoms with Crippen molar-refractivity contribution in [2.45, 2.75) is 33.6 Å². The smallest absolute Gasteiger partial charge is 0.157 e. The van der Waals surface area contributed by atoms with Gasteiger partial charge in [-0.3, -0.25) is 0 Å². The number of hydrogen-bond donors (Lipinski definition) is 2. The van der Waals surface area contributed by atoms with Crippen molar-refractivity contribution in [2.24, 2.45) is 5.92 Å². The predicted molar refractivity (Wildman–Crippen MR) is 68.9 cm³/mol. The van der Waals surface area contributed by atoms with E-state index in [1.807, 2.05) is 13.8 Å². The van der Waals surface area contributed by atoms with Crippen LogP contribution in [0.4, 0.5) is 11.5 Å². The summed E-state index contributed by atoms with van der Waals surface area (Å²) in [7, 11) is 0. The summed E-state index contributed by atoms with van der Waals surface area (Å²) in [4.78, 5) is 8.52. The number of nitrogens with one attached hydrogen (secondary N) is 1. The number of nitrogens with zero attached hydrogens (tertiary/aromatic N) is 2. The van der Waals surface area contributed by atoms with Gasteiger partial charge in [0.1, 0.15) is 11.5 Å². The number of nitrogen functional groups attached to an aromatic ring is 1. The lowest BCUT2D eigenvalue weighted by molar-refractivity contribution is 0.684. The fraction of sp³-hybridized carbons (Fsp3) is 0.636. The van der Waals surface area contributed by atoms with Crippen LogP contribution in [0.5, 0.6) is 0 Å². The first-order valence-electron chi connectivity index (χ1n) is 5.48. The summed E-state index contributed by atoms with van der Waals surface area (Å²) in [5.74, 6) is 2.11. The van der Waals surface area contributed by atoms with Gasteiger partial charge in [-0.05, 0) is 5.92 Å². The van der Waals surface area contributed by atoms with Crippen LogP contribution in [-0.2, 0) is 0 Å². The highest BCUT2D eigenvalue weighted by Crippen LogP contribution is 2.26. The van der Waals surface area contributed by atoms with Crippen LogP contribution in [0.3, 0.4) is 0 Å². The molecule has 0 saturated carbocycles. The van der Waals surface area contributed by atoms with Crippen molar-refractivity contribution in [1.82, 2.24) is 9.97 Å². The molecule has 0 atom stereocenters. The maximum Gasteiger partial charge on any atom is 0.157 e. The molecule has 0 aliphatic carbocycles. The molecule has 0 saturated heterocycles. The predicted octanol–water partition coefficient (Wildman–Crippen LogP) is 2.90. The highest BCUT2D eigenvalue weighted by atomic mass is 35.5. The van der Waals surface area contributed by atoms with E-state index in [-0.39, 0.29) is 5.92 Å². The van der Waals surface area contributed by atoms with Crippen LogP contribution >= 0.6 is 11.6 Å². The van der Waals surface area contributed by atoms with E-state index in [0.717, 1.165) is 6.54 Å². The zero-order valence-corrected chi connectivity index (χ0v) is 11.0. The molecular weight excluding hydrogens is 224 g/mol. The van der Waals surface area contributed by atoms with E-state index in [9.17, 15) is 0 Å². The van der Waals surface area contributed by atoms with Gasteiger partial charge in [0, 0.05) is 12.5 Å². The molecule has 1 rings (SSSR count). The largest absolute Gasteiger partial charge is 0.393 e. The third-order valence-electron chi connectivity index (χ3n) is 2.11. The summed E-state index contributed by atoms with van der Waals surface area (Å²) >= 11 is 5.96. The zero-order valence-electron chi connectivity index (χ0n) is 10.2. The van der Waals surface area contributed by atoms with Crippen LogP contribution in [0.2, 0.25) is 5.15 Å². The normalized spacial score (nSPS) is 11.2. The molecule has 4 nitrogen and oxygen atoms in total. The van der Waals surface area contributed by atoms with Gasteiger partial charge in [0.15, 0.2) is 11.0 Å². The van der Waals surface area contributed by atoms with Crippen molar-refractivity contribution >= 4 is 23.1 Å². The van der Waals surface area contributed by atoms with E-state index in [1.165, 1.54) is 0 Å². The molecule has 1 heterocycles. The van der Waals surface area contributed by atoms with Gasteiger partial charge >= 0.3 is 0 Å². The second-order valence-corrected chi connectivity index (χ2v) is 4.92. The first kappa shape index (κ1) is 13.0. The molecule has 0 aliphatic rings. The maximum atomic E-state index is 5.96. The molecule has 0 spiro atoms. The van der Waals surface area contributed by atoms with Gasteiger partial charge in [-0.1, -0.05) is 39.3 Å². The molecule has 0 aliphatic heterocycles. The van der Waals surface area contributed by atoms with E-state index in [2.05, 4.69) is 29.1 Å². The summed E-state index contributed by atoms with van der Waals surface area (Å²) < 4.78 is 0. The molecule has 0 bridgehead atoms. The molecule has 5 heteroatoms. The first-order chi connectivity index (χ1) is 7.41. The van der Waals surface area contributed by atoms with Crippen LogP contribution in [0.1, 0.15) is 39.4 Å². The highest BCUT2D eigenvalue weighted by molar-refractivity contribution is 6.32. The van der Waals surface area contributed by atoms with Crippen molar-refractivity contribution in [3.8, 4) is 0 Å². The molecular formula is C11H19ClN4. The molecule has 0 aromatic carbocycles. The van der Waals surface area contributed by atoms with Crippen molar-refractivity contribution in [3.63, 3.8) is 0 Å².